The Balaban J connectivity index is 2.06. The van der Waals surface area contributed by atoms with Crippen LogP contribution in [0.15, 0.2) is 24.3 Å². The SMILES string of the molecule is CCc1cc(COC(=O)c2ccc(C)c(N)c2)n(CC)n1. The van der Waals surface area contributed by atoms with Crippen molar-refractivity contribution in [2.24, 2.45) is 0 Å². The van der Waals surface area contributed by atoms with Crippen molar-refractivity contribution in [3.63, 3.8) is 0 Å². The lowest BCUT2D eigenvalue weighted by atomic mass is 10.1. The number of ether oxygens (including phenoxy) is 1. The minimum atomic E-state index is -0.372. The summed E-state index contributed by atoms with van der Waals surface area (Å²) < 4.78 is 7.21. The number of anilines is 1. The van der Waals surface area contributed by atoms with Crippen molar-refractivity contribution in [1.29, 1.82) is 0 Å². The number of aryl methyl sites for hydroxylation is 3. The molecule has 1 heterocycles. The molecule has 0 bridgehead atoms. The number of esters is 1. The molecule has 112 valence electrons. The van der Waals surface area contributed by atoms with E-state index in [0.29, 0.717) is 11.3 Å². The number of hydrogen-bond acceptors (Lipinski definition) is 4. The summed E-state index contributed by atoms with van der Waals surface area (Å²) in [5, 5.41) is 4.43. The molecule has 5 heteroatoms. The van der Waals surface area contributed by atoms with Crippen LogP contribution in [0.1, 0.15) is 41.2 Å². The topological polar surface area (TPSA) is 70.1 Å². The Morgan fingerprint density at radius 3 is 2.71 bits per heavy atom. The largest absolute Gasteiger partial charge is 0.456 e. The predicted molar refractivity (Wildman–Crippen MR) is 82.0 cm³/mol. The summed E-state index contributed by atoms with van der Waals surface area (Å²) >= 11 is 0. The summed E-state index contributed by atoms with van der Waals surface area (Å²) in [6.07, 6.45) is 0.864. The quantitative estimate of drug-likeness (QED) is 0.678. The zero-order valence-electron chi connectivity index (χ0n) is 12.7. The lowest BCUT2D eigenvalue weighted by Gasteiger charge is -2.07. The van der Waals surface area contributed by atoms with Gasteiger partial charge in [-0.2, -0.15) is 5.10 Å². The van der Waals surface area contributed by atoms with Gasteiger partial charge in [-0.05, 0) is 44.0 Å². The summed E-state index contributed by atoms with van der Waals surface area (Å²) in [6, 6.07) is 7.16. The number of rotatable bonds is 5. The highest BCUT2D eigenvalue weighted by Crippen LogP contribution is 2.15. The molecule has 21 heavy (non-hydrogen) atoms. The summed E-state index contributed by atoms with van der Waals surface area (Å²) in [5.41, 5.74) is 9.73. The van der Waals surface area contributed by atoms with Crippen molar-refractivity contribution in [3.05, 3.63) is 46.8 Å². The van der Waals surface area contributed by atoms with Gasteiger partial charge in [-0.3, -0.25) is 4.68 Å². The van der Waals surface area contributed by atoms with Gasteiger partial charge in [0, 0.05) is 12.2 Å². The molecule has 0 aliphatic carbocycles. The number of hydrogen-bond donors (Lipinski definition) is 1. The number of nitrogen functional groups attached to an aromatic ring is 1. The predicted octanol–water partition coefficient (Wildman–Crippen LogP) is 2.71. The number of benzene rings is 1. The molecule has 2 rings (SSSR count). The highest BCUT2D eigenvalue weighted by Gasteiger charge is 2.11. The molecular weight excluding hydrogens is 266 g/mol. The third-order valence-corrected chi connectivity index (χ3v) is 3.44. The van der Waals surface area contributed by atoms with Gasteiger partial charge >= 0.3 is 5.97 Å². The van der Waals surface area contributed by atoms with E-state index in [1.165, 1.54) is 0 Å². The van der Waals surface area contributed by atoms with Crippen LogP contribution in [0.3, 0.4) is 0 Å². The second-order valence-corrected chi connectivity index (χ2v) is 4.94. The molecule has 0 saturated heterocycles. The van der Waals surface area contributed by atoms with Gasteiger partial charge in [0.1, 0.15) is 6.61 Å². The lowest BCUT2D eigenvalue weighted by Crippen LogP contribution is -2.10. The maximum atomic E-state index is 12.1. The number of nitrogens with zero attached hydrogens (tertiary/aromatic N) is 2. The molecule has 0 atom stereocenters. The van der Waals surface area contributed by atoms with Crippen molar-refractivity contribution in [1.82, 2.24) is 9.78 Å². The maximum Gasteiger partial charge on any atom is 0.338 e. The normalized spacial score (nSPS) is 10.6. The van der Waals surface area contributed by atoms with Crippen LogP contribution in [0.5, 0.6) is 0 Å². The van der Waals surface area contributed by atoms with E-state index in [2.05, 4.69) is 5.10 Å². The fourth-order valence-corrected chi connectivity index (χ4v) is 2.07. The monoisotopic (exact) mass is 287 g/mol. The molecule has 0 amide bonds. The summed E-state index contributed by atoms with van der Waals surface area (Å²) in [6.45, 7) is 6.93. The molecule has 1 aromatic heterocycles. The van der Waals surface area contributed by atoms with Crippen LogP contribution in [0.2, 0.25) is 0 Å². The number of aromatic nitrogens is 2. The van der Waals surface area contributed by atoms with E-state index < -0.39 is 0 Å². The van der Waals surface area contributed by atoms with Gasteiger partial charge in [-0.25, -0.2) is 4.79 Å². The average molecular weight is 287 g/mol. The summed E-state index contributed by atoms with van der Waals surface area (Å²) in [4.78, 5) is 12.1. The van der Waals surface area contributed by atoms with Crippen LogP contribution in [-0.2, 0) is 24.3 Å². The van der Waals surface area contributed by atoms with E-state index in [9.17, 15) is 4.79 Å². The van der Waals surface area contributed by atoms with Crippen molar-refractivity contribution in [2.75, 3.05) is 5.73 Å². The van der Waals surface area contributed by atoms with Crippen molar-refractivity contribution in [3.8, 4) is 0 Å². The molecule has 0 aliphatic heterocycles. The van der Waals surface area contributed by atoms with Crippen molar-refractivity contribution in [2.45, 2.75) is 40.3 Å². The standard InChI is InChI=1S/C16H21N3O2/c1-4-13-9-14(19(5-2)18-13)10-21-16(20)12-7-6-11(3)15(17)8-12/h6-9H,4-5,10,17H2,1-3H3. The highest BCUT2D eigenvalue weighted by atomic mass is 16.5. The molecule has 2 aromatic rings. The molecule has 0 radical (unpaired) electrons. The first kappa shape index (κ1) is 15.1. The van der Waals surface area contributed by atoms with E-state index in [-0.39, 0.29) is 12.6 Å². The van der Waals surface area contributed by atoms with E-state index in [1.54, 1.807) is 12.1 Å². The first-order valence-corrected chi connectivity index (χ1v) is 7.14. The van der Waals surface area contributed by atoms with Crippen LogP contribution in [-0.4, -0.2) is 15.7 Å². The molecule has 0 unspecified atom stereocenters. The van der Waals surface area contributed by atoms with Gasteiger partial charge in [0.05, 0.1) is 17.0 Å². The Kier molecular flexibility index (Phi) is 4.62. The highest BCUT2D eigenvalue weighted by molar-refractivity contribution is 5.90. The molecule has 0 spiro atoms. The molecule has 5 nitrogen and oxygen atoms in total. The van der Waals surface area contributed by atoms with Crippen LogP contribution in [0.25, 0.3) is 0 Å². The smallest absolute Gasteiger partial charge is 0.338 e. The first-order valence-electron chi connectivity index (χ1n) is 7.14. The summed E-state index contributed by atoms with van der Waals surface area (Å²) in [5.74, 6) is -0.372. The second-order valence-electron chi connectivity index (χ2n) is 4.94. The van der Waals surface area contributed by atoms with E-state index in [4.69, 9.17) is 10.5 Å². The zero-order chi connectivity index (χ0) is 15.4. The Morgan fingerprint density at radius 2 is 2.10 bits per heavy atom. The van der Waals surface area contributed by atoms with E-state index in [0.717, 1.165) is 29.9 Å². The fraction of sp³-hybridized carbons (Fsp3) is 0.375. The maximum absolute atomic E-state index is 12.1. The van der Waals surface area contributed by atoms with Crippen LogP contribution >= 0.6 is 0 Å². The molecule has 1 aromatic carbocycles. The van der Waals surface area contributed by atoms with Gasteiger partial charge in [0.15, 0.2) is 0 Å². The average Bonchev–Trinajstić information content (AvgIpc) is 2.90. The van der Waals surface area contributed by atoms with Crippen LogP contribution < -0.4 is 5.73 Å². The Hall–Kier alpha value is -2.30. The van der Waals surface area contributed by atoms with Crippen LogP contribution in [0, 0.1) is 6.92 Å². The number of carbonyl (C=O) groups is 1. The molecule has 0 aliphatic rings. The van der Waals surface area contributed by atoms with E-state index in [1.807, 2.05) is 37.6 Å². The Morgan fingerprint density at radius 1 is 1.33 bits per heavy atom. The number of carbonyl (C=O) groups excluding carboxylic acids is 1. The second kappa shape index (κ2) is 6.43. The van der Waals surface area contributed by atoms with E-state index >= 15 is 0 Å². The first-order chi connectivity index (χ1) is 10.0. The minimum Gasteiger partial charge on any atom is -0.456 e. The van der Waals surface area contributed by atoms with Crippen molar-refractivity contribution < 1.29 is 9.53 Å². The molecule has 0 fully saturated rings. The van der Waals surface area contributed by atoms with Gasteiger partial charge < -0.3 is 10.5 Å². The lowest BCUT2D eigenvalue weighted by molar-refractivity contribution is 0.0462. The fourth-order valence-electron chi connectivity index (χ4n) is 2.07. The van der Waals surface area contributed by atoms with Gasteiger partial charge in [0.25, 0.3) is 0 Å². The Labute approximate surface area is 124 Å². The molecule has 2 N–H and O–H groups in total. The molecular formula is C16H21N3O2. The van der Waals surface area contributed by atoms with Crippen LogP contribution in [0.4, 0.5) is 5.69 Å². The Bertz CT molecular complexity index is 647. The minimum absolute atomic E-state index is 0.216. The van der Waals surface area contributed by atoms with Gasteiger partial charge in [-0.15, -0.1) is 0 Å². The third-order valence-electron chi connectivity index (χ3n) is 3.44. The zero-order valence-corrected chi connectivity index (χ0v) is 12.7. The van der Waals surface area contributed by atoms with Gasteiger partial charge in [0.2, 0.25) is 0 Å². The van der Waals surface area contributed by atoms with Crippen molar-refractivity contribution >= 4 is 11.7 Å². The molecule has 0 saturated carbocycles. The van der Waals surface area contributed by atoms with Gasteiger partial charge in [-0.1, -0.05) is 13.0 Å². The summed E-state index contributed by atoms with van der Waals surface area (Å²) in [7, 11) is 0. The number of nitrogens with two attached hydrogens (primary N) is 1. The third kappa shape index (κ3) is 3.42.